The number of nitrogens with one attached hydrogen (secondary N) is 2. The molecule has 0 unspecified atom stereocenters. The Morgan fingerprint density at radius 2 is 2.00 bits per heavy atom. The molecule has 1 rings (SSSR count). The predicted octanol–water partition coefficient (Wildman–Crippen LogP) is 3.31. The summed E-state index contributed by atoms with van der Waals surface area (Å²) < 4.78 is 0. The zero-order valence-electron chi connectivity index (χ0n) is 12.8. The summed E-state index contributed by atoms with van der Waals surface area (Å²) in [5.41, 5.74) is 3.02. The van der Waals surface area contributed by atoms with Crippen LogP contribution in [0.5, 0.6) is 0 Å². The number of halogens is 1. The number of benzene rings is 1. The molecule has 0 bridgehead atoms. The first-order valence-electron chi connectivity index (χ1n) is 7.23. The molecule has 5 heteroatoms. The Labute approximate surface area is 134 Å². The second kappa shape index (κ2) is 8.82. The summed E-state index contributed by atoms with van der Waals surface area (Å²) in [4.78, 5) is 23.4. The topological polar surface area (TPSA) is 58.2 Å². The van der Waals surface area contributed by atoms with E-state index < -0.39 is 0 Å². The fourth-order valence-electron chi connectivity index (χ4n) is 1.96. The molecule has 2 amide bonds. The maximum atomic E-state index is 11.9. The van der Waals surface area contributed by atoms with Gasteiger partial charge in [0.2, 0.25) is 11.8 Å². The monoisotopic (exact) mass is 354 g/mol. The predicted molar refractivity (Wildman–Crippen MR) is 89.8 cm³/mol. The molecule has 0 aromatic heterocycles. The van der Waals surface area contributed by atoms with Gasteiger partial charge in [-0.3, -0.25) is 9.59 Å². The largest absolute Gasteiger partial charge is 0.355 e. The zero-order valence-corrected chi connectivity index (χ0v) is 14.4. The third kappa shape index (κ3) is 6.29. The first-order valence-corrected chi connectivity index (χ1v) is 8.14. The highest BCUT2D eigenvalue weighted by molar-refractivity contribution is 9.10. The van der Waals surface area contributed by atoms with E-state index in [9.17, 15) is 9.59 Å². The average Bonchev–Trinajstić information content (AvgIpc) is 2.42. The van der Waals surface area contributed by atoms with Gasteiger partial charge in [0, 0.05) is 18.7 Å². The molecular weight excluding hydrogens is 332 g/mol. The molecule has 1 aromatic rings. The smallest absolute Gasteiger partial charge is 0.233 e. The van der Waals surface area contributed by atoms with Crippen LogP contribution < -0.4 is 10.6 Å². The lowest BCUT2D eigenvalue weighted by Crippen LogP contribution is -2.33. The van der Waals surface area contributed by atoms with Gasteiger partial charge in [0.15, 0.2) is 0 Å². The van der Waals surface area contributed by atoms with E-state index in [4.69, 9.17) is 0 Å². The van der Waals surface area contributed by atoms with Crippen molar-refractivity contribution >= 4 is 33.4 Å². The van der Waals surface area contributed by atoms with Gasteiger partial charge in [-0.1, -0.05) is 47.0 Å². The lowest BCUT2D eigenvalue weighted by atomic mass is 10.1. The van der Waals surface area contributed by atoms with Crippen molar-refractivity contribution in [1.82, 2.24) is 5.32 Å². The van der Waals surface area contributed by atoms with E-state index in [1.807, 2.05) is 39.0 Å². The highest BCUT2D eigenvalue weighted by atomic mass is 79.9. The van der Waals surface area contributed by atoms with Crippen molar-refractivity contribution in [3.8, 4) is 0 Å². The number of rotatable bonds is 7. The van der Waals surface area contributed by atoms with E-state index >= 15 is 0 Å². The minimum absolute atomic E-state index is 0.0591. The molecule has 1 atom stereocenters. The maximum absolute atomic E-state index is 11.9. The average molecular weight is 355 g/mol. The van der Waals surface area contributed by atoms with Crippen molar-refractivity contribution in [1.29, 1.82) is 0 Å². The molecule has 0 aliphatic carbocycles. The number of hydrogen-bond acceptors (Lipinski definition) is 2. The summed E-state index contributed by atoms with van der Waals surface area (Å²) in [5.74, 6) is -0.153. The first-order chi connectivity index (χ1) is 9.93. The normalized spacial score (nSPS) is 11.8. The zero-order chi connectivity index (χ0) is 15.8. The van der Waals surface area contributed by atoms with Crippen LogP contribution in [0, 0.1) is 13.8 Å². The SMILES string of the molecule is CCC[C@H](Br)C(=O)NCCC(=O)Nc1ccc(C)cc1C. The van der Waals surface area contributed by atoms with Crippen LogP contribution in [0.4, 0.5) is 5.69 Å². The molecule has 1 aromatic carbocycles. The Kier molecular flexibility index (Phi) is 7.43. The molecule has 0 aliphatic rings. The van der Waals surface area contributed by atoms with Gasteiger partial charge in [-0.05, 0) is 31.9 Å². The third-order valence-electron chi connectivity index (χ3n) is 3.13. The van der Waals surface area contributed by atoms with E-state index in [1.165, 1.54) is 0 Å². The Bertz CT molecular complexity index is 503. The van der Waals surface area contributed by atoms with Crippen LogP contribution in [0.15, 0.2) is 18.2 Å². The minimum Gasteiger partial charge on any atom is -0.355 e. The number of hydrogen-bond donors (Lipinski definition) is 2. The van der Waals surface area contributed by atoms with Crippen LogP contribution in [0.2, 0.25) is 0 Å². The van der Waals surface area contributed by atoms with Gasteiger partial charge >= 0.3 is 0 Å². The van der Waals surface area contributed by atoms with Gasteiger partial charge < -0.3 is 10.6 Å². The van der Waals surface area contributed by atoms with E-state index in [0.717, 1.165) is 29.7 Å². The van der Waals surface area contributed by atoms with Crippen LogP contribution >= 0.6 is 15.9 Å². The molecule has 0 fully saturated rings. The van der Waals surface area contributed by atoms with Crippen molar-refractivity contribution < 1.29 is 9.59 Å². The van der Waals surface area contributed by atoms with E-state index in [2.05, 4.69) is 26.6 Å². The molecule has 0 saturated heterocycles. The van der Waals surface area contributed by atoms with Crippen molar-refractivity contribution in [2.24, 2.45) is 0 Å². The van der Waals surface area contributed by atoms with Crippen molar-refractivity contribution in [3.05, 3.63) is 29.3 Å². The molecule has 116 valence electrons. The molecule has 21 heavy (non-hydrogen) atoms. The maximum Gasteiger partial charge on any atom is 0.233 e. The summed E-state index contributed by atoms with van der Waals surface area (Å²) in [5, 5.41) is 5.62. The van der Waals surface area contributed by atoms with Crippen LogP contribution in [0.3, 0.4) is 0 Å². The Morgan fingerprint density at radius 1 is 1.29 bits per heavy atom. The van der Waals surface area contributed by atoms with E-state index in [-0.39, 0.29) is 23.1 Å². The number of carbonyl (C=O) groups is 2. The van der Waals surface area contributed by atoms with Crippen LogP contribution in [0.1, 0.15) is 37.3 Å². The molecule has 0 saturated carbocycles. The third-order valence-corrected chi connectivity index (χ3v) is 4.01. The number of anilines is 1. The van der Waals surface area contributed by atoms with E-state index in [0.29, 0.717) is 6.54 Å². The van der Waals surface area contributed by atoms with Crippen LogP contribution in [-0.2, 0) is 9.59 Å². The summed E-state index contributed by atoms with van der Waals surface area (Å²) in [6, 6.07) is 5.89. The first kappa shape index (κ1) is 17.7. The van der Waals surface area contributed by atoms with Crippen molar-refractivity contribution in [2.75, 3.05) is 11.9 Å². The van der Waals surface area contributed by atoms with Crippen molar-refractivity contribution in [3.63, 3.8) is 0 Å². The molecule has 4 nitrogen and oxygen atoms in total. The fourth-order valence-corrected chi connectivity index (χ4v) is 2.58. The molecular formula is C16H23BrN2O2. The molecule has 0 spiro atoms. The number of amides is 2. The molecule has 0 radical (unpaired) electrons. The minimum atomic E-state index is -0.176. The summed E-state index contributed by atoms with van der Waals surface area (Å²) >= 11 is 3.33. The quantitative estimate of drug-likeness (QED) is 0.738. The second-order valence-corrected chi connectivity index (χ2v) is 6.27. The lowest BCUT2D eigenvalue weighted by Gasteiger charge is -2.11. The highest BCUT2D eigenvalue weighted by Gasteiger charge is 2.13. The van der Waals surface area contributed by atoms with Gasteiger partial charge in [-0.15, -0.1) is 0 Å². The Hall–Kier alpha value is -1.36. The molecule has 2 N–H and O–H groups in total. The van der Waals surface area contributed by atoms with Gasteiger partial charge in [0.1, 0.15) is 0 Å². The standard InChI is InChI=1S/C16H23BrN2O2/c1-4-5-13(17)16(21)18-9-8-15(20)19-14-7-6-11(2)10-12(14)3/h6-7,10,13H,4-5,8-9H2,1-3H3,(H,18,21)(H,19,20)/t13-/m0/s1. The van der Waals surface area contributed by atoms with Crippen molar-refractivity contribution in [2.45, 2.75) is 44.9 Å². The fraction of sp³-hybridized carbons (Fsp3) is 0.500. The Balaban J connectivity index is 2.36. The number of aryl methyl sites for hydroxylation is 2. The Morgan fingerprint density at radius 3 is 2.62 bits per heavy atom. The summed E-state index contributed by atoms with van der Waals surface area (Å²) in [7, 11) is 0. The second-order valence-electron chi connectivity index (χ2n) is 5.16. The van der Waals surface area contributed by atoms with E-state index in [1.54, 1.807) is 0 Å². The highest BCUT2D eigenvalue weighted by Crippen LogP contribution is 2.16. The van der Waals surface area contributed by atoms with Gasteiger partial charge in [-0.25, -0.2) is 0 Å². The molecule has 0 aliphatic heterocycles. The summed E-state index contributed by atoms with van der Waals surface area (Å²) in [6.45, 7) is 6.35. The van der Waals surface area contributed by atoms with Gasteiger partial charge in [0.05, 0.1) is 4.83 Å². The lowest BCUT2D eigenvalue weighted by molar-refractivity contribution is -0.120. The van der Waals surface area contributed by atoms with Gasteiger partial charge in [-0.2, -0.15) is 0 Å². The summed E-state index contributed by atoms with van der Waals surface area (Å²) in [6.07, 6.45) is 2.00. The van der Waals surface area contributed by atoms with Crippen LogP contribution in [0.25, 0.3) is 0 Å². The number of carbonyl (C=O) groups excluding carboxylic acids is 2. The van der Waals surface area contributed by atoms with Gasteiger partial charge in [0.25, 0.3) is 0 Å². The molecule has 0 heterocycles. The number of alkyl halides is 1. The van der Waals surface area contributed by atoms with Crippen LogP contribution in [-0.4, -0.2) is 23.2 Å².